The molecule has 0 radical (unpaired) electrons. The van der Waals surface area contributed by atoms with Gasteiger partial charge in [-0.25, -0.2) is 0 Å². The molecular weight excluding hydrogens is 203 g/mol. The maximum absolute atomic E-state index is 11.9. The van der Waals surface area contributed by atoms with E-state index in [-0.39, 0.29) is 0 Å². The number of hydrogen-bond donors (Lipinski definition) is 0. The van der Waals surface area contributed by atoms with Crippen molar-refractivity contribution in [2.24, 2.45) is 0 Å². The summed E-state index contributed by atoms with van der Waals surface area (Å²) < 4.78 is 11.9. The third kappa shape index (κ3) is 5.18. The zero-order valence-electron chi connectivity index (χ0n) is 9.54. The van der Waals surface area contributed by atoms with Crippen LogP contribution in [0.15, 0.2) is 30.3 Å². The quantitative estimate of drug-likeness (QED) is 0.508. The molecule has 1 atom stereocenters. The van der Waals surface area contributed by atoms with Crippen LogP contribution in [0.4, 0.5) is 0 Å². The molecule has 1 aromatic rings. The number of unbranched alkanes of at least 4 members (excludes halogenated alkanes) is 4. The lowest BCUT2D eigenvalue weighted by Crippen LogP contribution is -1.96. The average molecular weight is 224 g/mol. The second-order valence-electron chi connectivity index (χ2n) is 3.95. The van der Waals surface area contributed by atoms with Gasteiger partial charge in [-0.15, -0.1) is 0 Å². The van der Waals surface area contributed by atoms with E-state index in [0.717, 1.165) is 17.9 Å². The largest absolute Gasteiger partial charge is 0.322 e. The van der Waals surface area contributed by atoms with Crippen molar-refractivity contribution in [2.45, 2.75) is 39.0 Å². The van der Waals surface area contributed by atoms with E-state index in [4.69, 9.17) is 0 Å². The van der Waals surface area contributed by atoms with Crippen LogP contribution < -0.4 is 5.30 Å². The Hall–Kier alpha value is -0.550. The normalized spacial score (nSPS) is 12.6. The van der Waals surface area contributed by atoms with E-state index in [1.165, 1.54) is 25.7 Å². The predicted molar refractivity (Wildman–Crippen MR) is 68.7 cm³/mol. The number of rotatable bonds is 7. The molecule has 1 rings (SSSR count). The fourth-order valence-corrected chi connectivity index (χ4v) is 3.08. The van der Waals surface area contributed by atoms with E-state index in [9.17, 15) is 4.57 Å². The summed E-state index contributed by atoms with van der Waals surface area (Å²) in [6, 6.07) is 9.87. The second-order valence-corrected chi connectivity index (χ2v) is 5.88. The lowest BCUT2D eigenvalue weighted by molar-refractivity contribution is 0.588. The highest BCUT2D eigenvalue weighted by Gasteiger charge is 2.01. The van der Waals surface area contributed by atoms with Crippen LogP contribution in [0.2, 0.25) is 0 Å². The minimum Gasteiger partial charge on any atom is -0.322 e. The lowest BCUT2D eigenvalue weighted by Gasteiger charge is -2.02. The third-order valence-corrected chi connectivity index (χ3v) is 4.39. The van der Waals surface area contributed by atoms with Gasteiger partial charge in [0.05, 0.1) is 0 Å². The first-order valence-corrected chi connectivity index (χ1v) is 7.54. The molecule has 2 heteroatoms. The van der Waals surface area contributed by atoms with Crippen LogP contribution in [-0.2, 0) is 4.57 Å². The van der Waals surface area contributed by atoms with Crippen LogP contribution in [0.3, 0.4) is 0 Å². The van der Waals surface area contributed by atoms with Gasteiger partial charge in [0.1, 0.15) is 7.80 Å². The van der Waals surface area contributed by atoms with Crippen molar-refractivity contribution in [3.8, 4) is 0 Å². The highest BCUT2D eigenvalue weighted by molar-refractivity contribution is 7.53. The van der Waals surface area contributed by atoms with Crippen molar-refractivity contribution < 1.29 is 4.57 Å². The van der Waals surface area contributed by atoms with Crippen LogP contribution >= 0.6 is 7.80 Å². The van der Waals surface area contributed by atoms with Crippen molar-refractivity contribution in [3.63, 3.8) is 0 Å². The smallest absolute Gasteiger partial charge is 0.104 e. The summed E-state index contributed by atoms with van der Waals surface area (Å²) >= 11 is 0. The van der Waals surface area contributed by atoms with Gasteiger partial charge in [-0.1, -0.05) is 62.9 Å². The lowest BCUT2D eigenvalue weighted by atomic mass is 10.2. The minimum absolute atomic E-state index is 0.887. The average Bonchev–Trinajstić information content (AvgIpc) is 2.30. The zero-order valence-corrected chi connectivity index (χ0v) is 10.5. The van der Waals surface area contributed by atoms with E-state index in [1.54, 1.807) is 0 Å². The molecular formula is C13H21OP. The summed E-state index contributed by atoms with van der Waals surface area (Å²) in [6.45, 7) is 2.22. The Bertz CT molecular complexity index is 282. The Labute approximate surface area is 93.7 Å². The van der Waals surface area contributed by atoms with E-state index in [2.05, 4.69) is 6.92 Å². The minimum atomic E-state index is -1.50. The fraction of sp³-hybridized carbons (Fsp3) is 0.538. The Balaban J connectivity index is 2.20. The van der Waals surface area contributed by atoms with Crippen molar-refractivity contribution in [1.29, 1.82) is 0 Å². The summed E-state index contributed by atoms with van der Waals surface area (Å²) in [5, 5.41) is 1.04. The Morgan fingerprint density at radius 1 is 1.00 bits per heavy atom. The monoisotopic (exact) mass is 224 g/mol. The molecule has 0 N–H and O–H groups in total. The molecule has 1 nitrogen and oxygen atoms in total. The van der Waals surface area contributed by atoms with Crippen LogP contribution in [-0.4, -0.2) is 6.16 Å². The topological polar surface area (TPSA) is 17.1 Å². The van der Waals surface area contributed by atoms with Crippen LogP contribution in [0.1, 0.15) is 39.0 Å². The molecule has 1 aromatic carbocycles. The van der Waals surface area contributed by atoms with Crippen molar-refractivity contribution >= 4 is 13.1 Å². The highest BCUT2D eigenvalue weighted by atomic mass is 31.1. The summed E-state index contributed by atoms with van der Waals surface area (Å²) in [7, 11) is -1.50. The SMILES string of the molecule is CCCCCCC[PH](=O)c1ccccc1. The number of hydrogen-bond acceptors (Lipinski definition) is 1. The third-order valence-electron chi connectivity index (χ3n) is 2.60. The van der Waals surface area contributed by atoms with E-state index >= 15 is 0 Å². The molecule has 0 aliphatic heterocycles. The van der Waals surface area contributed by atoms with Crippen molar-refractivity contribution in [2.75, 3.05) is 6.16 Å². The van der Waals surface area contributed by atoms with Gasteiger partial charge in [-0.2, -0.15) is 0 Å². The fourth-order valence-electron chi connectivity index (χ4n) is 1.66. The zero-order chi connectivity index (χ0) is 10.9. The summed E-state index contributed by atoms with van der Waals surface area (Å²) in [5.74, 6) is 0. The van der Waals surface area contributed by atoms with Crippen LogP contribution in [0, 0.1) is 0 Å². The first-order valence-electron chi connectivity index (χ1n) is 5.93. The van der Waals surface area contributed by atoms with Gasteiger partial charge in [0, 0.05) is 11.5 Å². The van der Waals surface area contributed by atoms with Crippen LogP contribution in [0.25, 0.3) is 0 Å². The molecule has 0 aromatic heterocycles. The summed E-state index contributed by atoms with van der Waals surface area (Å²) in [5.41, 5.74) is 0. The maximum atomic E-state index is 11.9. The van der Waals surface area contributed by atoms with Crippen molar-refractivity contribution in [1.82, 2.24) is 0 Å². The first kappa shape index (κ1) is 12.5. The Morgan fingerprint density at radius 3 is 2.33 bits per heavy atom. The molecule has 0 saturated carbocycles. The van der Waals surface area contributed by atoms with Gasteiger partial charge < -0.3 is 4.57 Å². The molecule has 15 heavy (non-hydrogen) atoms. The van der Waals surface area contributed by atoms with E-state index in [1.807, 2.05) is 30.3 Å². The molecule has 0 heterocycles. The van der Waals surface area contributed by atoms with Gasteiger partial charge in [0.2, 0.25) is 0 Å². The van der Waals surface area contributed by atoms with Gasteiger partial charge in [-0.3, -0.25) is 0 Å². The summed E-state index contributed by atoms with van der Waals surface area (Å²) in [4.78, 5) is 0. The molecule has 0 aliphatic carbocycles. The van der Waals surface area contributed by atoms with Gasteiger partial charge >= 0.3 is 0 Å². The summed E-state index contributed by atoms with van der Waals surface area (Å²) in [6.07, 6.45) is 7.11. The van der Waals surface area contributed by atoms with Crippen LogP contribution in [0.5, 0.6) is 0 Å². The van der Waals surface area contributed by atoms with Gasteiger partial charge in [0.25, 0.3) is 0 Å². The Kier molecular flexibility index (Phi) is 6.43. The van der Waals surface area contributed by atoms with E-state index in [0.29, 0.717) is 0 Å². The predicted octanol–water partition coefficient (Wildman–Crippen LogP) is 3.84. The molecule has 1 unspecified atom stereocenters. The molecule has 84 valence electrons. The van der Waals surface area contributed by atoms with E-state index < -0.39 is 7.80 Å². The molecule has 0 fully saturated rings. The van der Waals surface area contributed by atoms with Gasteiger partial charge in [0.15, 0.2) is 0 Å². The maximum Gasteiger partial charge on any atom is 0.104 e. The molecule has 0 saturated heterocycles. The van der Waals surface area contributed by atoms with Crippen molar-refractivity contribution in [3.05, 3.63) is 30.3 Å². The molecule has 0 spiro atoms. The molecule has 0 amide bonds. The second kappa shape index (κ2) is 7.70. The standard InChI is InChI=1S/C13H21OP/c1-2-3-4-5-9-12-15(14)13-10-7-6-8-11-13/h6-8,10-11,15H,2-5,9,12H2,1H3. The number of benzene rings is 1. The highest BCUT2D eigenvalue weighted by Crippen LogP contribution is 2.21. The first-order chi connectivity index (χ1) is 7.34. The Morgan fingerprint density at radius 2 is 1.67 bits per heavy atom. The van der Waals surface area contributed by atoms with Gasteiger partial charge in [-0.05, 0) is 6.42 Å². The molecule has 0 bridgehead atoms. The molecule has 0 aliphatic rings.